The van der Waals surface area contributed by atoms with Crippen molar-refractivity contribution >= 4 is 5.78 Å². The molecule has 1 aliphatic carbocycles. The van der Waals surface area contributed by atoms with E-state index in [4.69, 9.17) is 4.74 Å². The van der Waals surface area contributed by atoms with Crippen molar-refractivity contribution in [2.45, 2.75) is 18.3 Å². The number of ether oxygens (including phenoxy) is 1. The number of hydrogen-bond acceptors (Lipinski definition) is 3. The minimum atomic E-state index is -0.738. The first-order valence-electron chi connectivity index (χ1n) is 6.89. The fraction of sp³-hybridized carbons (Fsp3) is 0.222. The average molecular weight is 277 g/mol. The van der Waals surface area contributed by atoms with E-state index >= 15 is 0 Å². The number of carbonyl (C=O) groups is 1. The van der Waals surface area contributed by atoms with Gasteiger partial charge in [0.1, 0.15) is 11.7 Å². The predicted molar refractivity (Wildman–Crippen MR) is 79.2 cm³/mol. The summed E-state index contributed by atoms with van der Waals surface area (Å²) in [6.07, 6.45) is 0.733. The van der Waals surface area contributed by atoms with E-state index in [1.165, 1.54) is 5.56 Å². The average Bonchev–Trinajstić information content (AvgIpc) is 2.49. The highest BCUT2D eigenvalue weighted by molar-refractivity contribution is 5.96. The van der Waals surface area contributed by atoms with Crippen LogP contribution < -0.4 is 4.74 Å². The molecule has 0 saturated heterocycles. The molecule has 2 atom stereocenters. The number of Topliss-reactive ketones (excluding diaryl/α,β-unsaturated/α-hetero) is 1. The number of nitriles is 1. The zero-order valence-corrected chi connectivity index (χ0v) is 11.7. The zero-order chi connectivity index (χ0) is 14.8. The third kappa shape index (κ3) is 2.30. The Bertz CT molecular complexity index is 730. The molecule has 0 amide bonds. The largest absolute Gasteiger partial charge is 0.497 e. The molecule has 3 heteroatoms. The Labute approximate surface area is 123 Å². The molecule has 21 heavy (non-hydrogen) atoms. The van der Waals surface area contributed by atoms with Crippen molar-refractivity contribution in [1.82, 2.24) is 0 Å². The van der Waals surface area contributed by atoms with E-state index in [1.54, 1.807) is 31.4 Å². The highest BCUT2D eigenvalue weighted by Gasteiger charge is 2.36. The molecular formula is C18H15NO2. The summed E-state index contributed by atoms with van der Waals surface area (Å²) < 4.78 is 5.17. The van der Waals surface area contributed by atoms with Gasteiger partial charge in [0.25, 0.3) is 0 Å². The first-order chi connectivity index (χ1) is 10.2. The lowest BCUT2D eigenvalue weighted by Gasteiger charge is -2.30. The van der Waals surface area contributed by atoms with Gasteiger partial charge in [-0.1, -0.05) is 36.4 Å². The molecule has 0 bridgehead atoms. The molecule has 2 aromatic carbocycles. The maximum absolute atomic E-state index is 12.7. The molecule has 3 rings (SSSR count). The maximum atomic E-state index is 12.7. The second kappa shape index (κ2) is 5.41. The van der Waals surface area contributed by atoms with Crippen molar-refractivity contribution in [2.75, 3.05) is 7.11 Å². The molecule has 0 radical (unpaired) electrons. The highest BCUT2D eigenvalue weighted by atomic mass is 16.5. The monoisotopic (exact) mass is 277 g/mol. The number of fused-ring (bicyclic) bond motifs is 1. The van der Waals surface area contributed by atoms with Crippen LogP contribution in [0.1, 0.15) is 28.5 Å². The molecule has 0 N–H and O–H groups in total. The Hall–Kier alpha value is -2.60. The standard InChI is InChI=1S/C18H15NO2/c1-21-14-7-4-6-12(9-14)17(11-19)18(20)16-10-13-5-2-3-8-15(13)16/h2-9,16-17H,10H2,1H3. The summed E-state index contributed by atoms with van der Waals surface area (Å²) in [6.45, 7) is 0. The van der Waals surface area contributed by atoms with E-state index in [1.807, 2.05) is 24.3 Å². The quantitative estimate of drug-likeness (QED) is 0.862. The molecule has 0 aromatic heterocycles. The number of rotatable bonds is 4. The van der Waals surface area contributed by atoms with Gasteiger partial charge in [0.15, 0.2) is 5.78 Å². The van der Waals surface area contributed by atoms with Crippen LogP contribution in [0.3, 0.4) is 0 Å². The first kappa shape index (κ1) is 13.4. The van der Waals surface area contributed by atoms with E-state index in [-0.39, 0.29) is 11.7 Å². The number of hydrogen-bond donors (Lipinski definition) is 0. The number of benzene rings is 2. The molecule has 104 valence electrons. The van der Waals surface area contributed by atoms with Gasteiger partial charge in [-0.25, -0.2) is 0 Å². The van der Waals surface area contributed by atoms with Crippen molar-refractivity contribution in [3.63, 3.8) is 0 Å². The molecule has 2 aromatic rings. The van der Waals surface area contributed by atoms with Crippen LogP contribution in [0, 0.1) is 11.3 Å². The second-order valence-electron chi connectivity index (χ2n) is 5.20. The van der Waals surface area contributed by atoms with Gasteiger partial charge in [0.05, 0.1) is 13.2 Å². The Balaban J connectivity index is 1.88. The van der Waals surface area contributed by atoms with Crippen molar-refractivity contribution in [1.29, 1.82) is 5.26 Å². The van der Waals surface area contributed by atoms with Crippen LogP contribution in [0.15, 0.2) is 48.5 Å². The molecule has 2 unspecified atom stereocenters. The molecule has 0 saturated carbocycles. The lowest BCUT2D eigenvalue weighted by Crippen LogP contribution is -2.29. The Morgan fingerprint density at radius 3 is 2.81 bits per heavy atom. The fourth-order valence-electron chi connectivity index (χ4n) is 2.84. The van der Waals surface area contributed by atoms with Crippen LogP contribution in [0.25, 0.3) is 0 Å². The zero-order valence-electron chi connectivity index (χ0n) is 11.7. The lowest BCUT2D eigenvalue weighted by atomic mass is 9.71. The molecule has 1 aliphatic rings. The summed E-state index contributed by atoms with van der Waals surface area (Å²) in [4.78, 5) is 12.7. The molecule has 0 fully saturated rings. The number of carbonyl (C=O) groups excluding carboxylic acids is 1. The number of nitrogens with zero attached hydrogens (tertiary/aromatic N) is 1. The summed E-state index contributed by atoms with van der Waals surface area (Å²) >= 11 is 0. The summed E-state index contributed by atoms with van der Waals surface area (Å²) in [7, 11) is 1.57. The molecule has 0 heterocycles. The Morgan fingerprint density at radius 1 is 1.29 bits per heavy atom. The maximum Gasteiger partial charge on any atom is 0.162 e. The van der Waals surface area contributed by atoms with Crippen molar-refractivity contribution in [3.05, 3.63) is 65.2 Å². The topological polar surface area (TPSA) is 50.1 Å². The van der Waals surface area contributed by atoms with Crippen molar-refractivity contribution < 1.29 is 9.53 Å². The third-order valence-electron chi connectivity index (χ3n) is 4.04. The van der Waals surface area contributed by atoms with Crippen LogP contribution in [-0.2, 0) is 11.2 Å². The normalized spacial score (nSPS) is 17.0. The molecule has 0 spiro atoms. The highest BCUT2D eigenvalue weighted by Crippen LogP contribution is 2.39. The smallest absolute Gasteiger partial charge is 0.162 e. The van der Waals surface area contributed by atoms with Crippen LogP contribution >= 0.6 is 0 Å². The minimum absolute atomic E-state index is 0.0237. The summed E-state index contributed by atoms with van der Waals surface area (Å²) in [6, 6.07) is 17.2. The summed E-state index contributed by atoms with van der Waals surface area (Å²) in [5.41, 5.74) is 2.97. The first-order valence-corrected chi connectivity index (χ1v) is 6.89. The summed E-state index contributed by atoms with van der Waals surface area (Å²) in [5.74, 6) is -0.255. The van der Waals surface area contributed by atoms with Gasteiger partial charge in [-0.05, 0) is 35.2 Å². The fourth-order valence-corrected chi connectivity index (χ4v) is 2.84. The van der Waals surface area contributed by atoms with Gasteiger partial charge in [0, 0.05) is 5.92 Å². The molecular weight excluding hydrogens is 262 g/mol. The molecule has 3 nitrogen and oxygen atoms in total. The van der Waals surface area contributed by atoms with Crippen LogP contribution in [0.5, 0.6) is 5.75 Å². The van der Waals surface area contributed by atoms with E-state index in [0.29, 0.717) is 11.3 Å². The van der Waals surface area contributed by atoms with Gasteiger partial charge in [0.2, 0.25) is 0 Å². The SMILES string of the molecule is COc1cccc(C(C#N)C(=O)C2Cc3ccccc32)c1. The van der Waals surface area contributed by atoms with E-state index in [9.17, 15) is 10.1 Å². The van der Waals surface area contributed by atoms with Crippen LogP contribution in [0.4, 0.5) is 0 Å². The Kier molecular flexibility index (Phi) is 3.45. The summed E-state index contributed by atoms with van der Waals surface area (Å²) in [5, 5.41) is 9.42. The van der Waals surface area contributed by atoms with E-state index < -0.39 is 5.92 Å². The van der Waals surface area contributed by atoms with Crippen LogP contribution in [0.2, 0.25) is 0 Å². The van der Waals surface area contributed by atoms with Gasteiger partial charge in [-0.2, -0.15) is 5.26 Å². The van der Waals surface area contributed by atoms with Gasteiger partial charge in [-0.3, -0.25) is 4.79 Å². The van der Waals surface area contributed by atoms with Crippen LogP contribution in [-0.4, -0.2) is 12.9 Å². The lowest BCUT2D eigenvalue weighted by molar-refractivity contribution is -0.121. The van der Waals surface area contributed by atoms with Crippen molar-refractivity contribution in [2.24, 2.45) is 0 Å². The molecule has 0 aliphatic heterocycles. The van der Waals surface area contributed by atoms with E-state index in [0.717, 1.165) is 12.0 Å². The predicted octanol–water partition coefficient (Wildman–Crippen LogP) is 3.21. The van der Waals surface area contributed by atoms with Gasteiger partial charge >= 0.3 is 0 Å². The third-order valence-corrected chi connectivity index (χ3v) is 4.04. The second-order valence-corrected chi connectivity index (χ2v) is 5.20. The van der Waals surface area contributed by atoms with Gasteiger partial charge < -0.3 is 4.74 Å². The minimum Gasteiger partial charge on any atom is -0.497 e. The van der Waals surface area contributed by atoms with Gasteiger partial charge in [-0.15, -0.1) is 0 Å². The number of methoxy groups -OCH3 is 1. The van der Waals surface area contributed by atoms with E-state index in [2.05, 4.69) is 6.07 Å². The number of ketones is 1. The van der Waals surface area contributed by atoms with Crippen molar-refractivity contribution in [3.8, 4) is 11.8 Å². The Morgan fingerprint density at radius 2 is 2.10 bits per heavy atom.